The summed E-state index contributed by atoms with van der Waals surface area (Å²) in [6.45, 7) is 4.42. The molecule has 0 saturated heterocycles. The maximum Gasteiger partial charge on any atom is 4.00 e. The molecule has 6 rings (SSSR count). The summed E-state index contributed by atoms with van der Waals surface area (Å²) in [7, 11) is 0.750. The van der Waals surface area contributed by atoms with E-state index < -0.39 is 0 Å². The molecule has 179 valence electrons. The molecule has 0 aromatic heterocycles. The Kier molecular flexibility index (Phi) is 16.3. The van der Waals surface area contributed by atoms with Crippen LogP contribution in [0.15, 0.2) is 146 Å². The van der Waals surface area contributed by atoms with Crippen molar-refractivity contribution < 1.29 is 36.4 Å². The van der Waals surface area contributed by atoms with E-state index in [2.05, 4.69) is 98.0 Å². The summed E-state index contributed by atoms with van der Waals surface area (Å²) in [4.78, 5) is 0. The summed E-state index contributed by atoms with van der Waals surface area (Å²) < 4.78 is 0. The number of para-hydroxylation sites is 2. The van der Waals surface area contributed by atoms with Crippen molar-refractivity contribution in [3.05, 3.63) is 146 Å². The van der Waals surface area contributed by atoms with Crippen LogP contribution in [0, 0.1) is 0 Å². The van der Waals surface area contributed by atoms with Gasteiger partial charge in [-0.15, -0.1) is 70.8 Å². The van der Waals surface area contributed by atoms with E-state index in [0.717, 1.165) is 9.52 Å². The van der Waals surface area contributed by atoms with Crippen LogP contribution in [0.4, 0.5) is 0 Å². The molecule has 6 aromatic carbocycles. The van der Waals surface area contributed by atoms with E-state index in [1.807, 2.05) is 12.1 Å². The Labute approximate surface area is 236 Å². The second-order valence-corrected chi connectivity index (χ2v) is 8.67. The maximum absolute atomic E-state index is 10.3. The Morgan fingerprint density at radius 3 is 1.06 bits per heavy atom. The summed E-state index contributed by atoms with van der Waals surface area (Å²) in [5, 5.41) is 25.9. The Balaban J connectivity index is 0.000000231. The zero-order valence-electron chi connectivity index (χ0n) is 20.8. The zero-order valence-corrected chi connectivity index (χ0v) is 24.4. The molecule has 4 heteroatoms. The summed E-state index contributed by atoms with van der Waals surface area (Å²) in [5.74, 6) is 0.144. The third-order valence-electron chi connectivity index (χ3n) is 4.58. The average molecular weight is 567 g/mol. The molecule has 36 heavy (non-hydrogen) atoms. The fourth-order valence-electron chi connectivity index (χ4n) is 2.98. The van der Waals surface area contributed by atoms with Gasteiger partial charge < -0.3 is 10.2 Å². The summed E-state index contributed by atoms with van der Waals surface area (Å²) >= 11 is 0. The van der Waals surface area contributed by atoms with Gasteiger partial charge >= 0.3 is 26.2 Å². The zero-order chi connectivity index (χ0) is 25.1. The fraction of sp³-hybridized carbons (Fsp3) is 0.0625. The standard InChI is InChI=1S/2C9H7.2C6H6O.C2H7Si.Zr/c2*1-2-5-9-7-3-6-8(9)4-1;2*7-6-4-2-1-3-5-6;1-3-2;/h2*1-7H;2*1-5,7H;3H,1-2H3;/q2*-1;;;;+4/p-2. The summed E-state index contributed by atoms with van der Waals surface area (Å²) in [6, 6.07) is 46.0. The quantitative estimate of drug-likeness (QED) is 0.145. The molecule has 0 unspecified atom stereocenters. The minimum Gasteiger partial charge on any atom is -0.872 e. The third kappa shape index (κ3) is 12.5. The minimum atomic E-state index is 0. The van der Waals surface area contributed by atoms with E-state index in [4.69, 9.17) is 0 Å². The van der Waals surface area contributed by atoms with Gasteiger partial charge in [0.15, 0.2) is 0 Å². The first-order valence-electron chi connectivity index (χ1n) is 11.5. The minimum absolute atomic E-state index is 0. The first-order chi connectivity index (χ1) is 17.1. The molecular formula is C32H31O2SiZr. The predicted molar refractivity (Wildman–Crippen MR) is 150 cm³/mol. The van der Waals surface area contributed by atoms with Crippen molar-refractivity contribution >= 4 is 31.1 Å². The number of hydrogen-bond acceptors (Lipinski definition) is 2. The van der Waals surface area contributed by atoms with Crippen LogP contribution in [0.2, 0.25) is 13.1 Å². The van der Waals surface area contributed by atoms with Crippen LogP contribution in [0.5, 0.6) is 11.5 Å². The van der Waals surface area contributed by atoms with Crippen LogP contribution in [-0.2, 0) is 26.2 Å². The molecule has 0 atom stereocenters. The van der Waals surface area contributed by atoms with Gasteiger partial charge in [-0.25, -0.2) is 0 Å². The van der Waals surface area contributed by atoms with Crippen LogP contribution < -0.4 is 10.2 Å². The molecule has 0 fully saturated rings. The monoisotopic (exact) mass is 565 g/mol. The van der Waals surface area contributed by atoms with E-state index in [0.29, 0.717) is 0 Å². The fourth-order valence-corrected chi connectivity index (χ4v) is 2.98. The van der Waals surface area contributed by atoms with E-state index in [1.165, 1.54) is 45.8 Å². The van der Waals surface area contributed by atoms with Crippen LogP contribution >= 0.6 is 0 Å². The molecule has 0 bridgehead atoms. The Morgan fingerprint density at radius 2 is 0.778 bits per heavy atom. The van der Waals surface area contributed by atoms with Crippen molar-refractivity contribution in [1.29, 1.82) is 0 Å². The van der Waals surface area contributed by atoms with Crippen LogP contribution in [0.25, 0.3) is 21.5 Å². The average Bonchev–Trinajstić information content (AvgIpc) is 3.56. The van der Waals surface area contributed by atoms with Crippen molar-refractivity contribution in [3.63, 3.8) is 0 Å². The molecule has 6 aromatic rings. The molecule has 0 heterocycles. The first-order valence-corrected chi connectivity index (χ1v) is 13.8. The van der Waals surface area contributed by atoms with Crippen molar-refractivity contribution in [3.8, 4) is 11.5 Å². The topological polar surface area (TPSA) is 46.1 Å². The Morgan fingerprint density at radius 1 is 0.472 bits per heavy atom. The molecule has 2 nitrogen and oxygen atoms in total. The van der Waals surface area contributed by atoms with Crippen molar-refractivity contribution in [2.75, 3.05) is 0 Å². The Hall–Kier alpha value is -3.20. The molecule has 0 spiro atoms. The number of hydrogen-bond donors (Lipinski definition) is 0. The number of rotatable bonds is 0. The van der Waals surface area contributed by atoms with E-state index in [9.17, 15) is 10.2 Å². The molecular weight excluding hydrogens is 536 g/mol. The third-order valence-corrected chi connectivity index (χ3v) is 4.58. The molecule has 0 amide bonds. The van der Waals surface area contributed by atoms with Crippen LogP contribution in [0.3, 0.4) is 0 Å². The van der Waals surface area contributed by atoms with Crippen molar-refractivity contribution in [2.45, 2.75) is 13.1 Å². The van der Waals surface area contributed by atoms with Gasteiger partial charge in [-0.05, 0) is 0 Å². The van der Waals surface area contributed by atoms with Gasteiger partial charge in [-0.1, -0.05) is 85.9 Å². The summed E-state index contributed by atoms with van der Waals surface area (Å²) in [5.41, 5.74) is 0. The maximum atomic E-state index is 10.3. The normalized spacial score (nSPS) is 8.94. The smallest absolute Gasteiger partial charge is 0.872 e. The van der Waals surface area contributed by atoms with Gasteiger partial charge in [0, 0.05) is 9.52 Å². The van der Waals surface area contributed by atoms with Gasteiger partial charge in [-0.2, -0.15) is 35.0 Å². The van der Waals surface area contributed by atoms with Gasteiger partial charge in [-0.3, -0.25) is 0 Å². The van der Waals surface area contributed by atoms with E-state index >= 15 is 0 Å². The van der Waals surface area contributed by atoms with E-state index in [-0.39, 0.29) is 37.7 Å². The molecule has 0 aliphatic rings. The Bertz CT molecular complexity index is 1150. The predicted octanol–water partition coefficient (Wildman–Crippen LogP) is 7.15. The number of fused-ring (bicyclic) bond motifs is 2. The van der Waals surface area contributed by atoms with Gasteiger partial charge in [0.25, 0.3) is 0 Å². The molecule has 1 radical (unpaired) electrons. The summed E-state index contributed by atoms with van der Waals surface area (Å²) in [6.07, 6.45) is 0. The second-order valence-electron chi connectivity index (χ2n) is 7.51. The van der Waals surface area contributed by atoms with E-state index in [1.54, 1.807) is 24.3 Å². The van der Waals surface area contributed by atoms with Gasteiger partial charge in [0.2, 0.25) is 0 Å². The van der Waals surface area contributed by atoms with Gasteiger partial charge in [0.05, 0.1) is 0 Å². The van der Waals surface area contributed by atoms with Crippen molar-refractivity contribution in [1.82, 2.24) is 0 Å². The molecule has 0 aliphatic heterocycles. The van der Waals surface area contributed by atoms with Crippen LogP contribution in [-0.4, -0.2) is 9.52 Å². The van der Waals surface area contributed by atoms with Gasteiger partial charge in [0.1, 0.15) is 0 Å². The second kappa shape index (κ2) is 19.0. The largest absolute Gasteiger partial charge is 4.00 e. The van der Waals surface area contributed by atoms with Crippen molar-refractivity contribution in [2.24, 2.45) is 0 Å². The first kappa shape index (κ1) is 30.8. The molecule has 0 aliphatic carbocycles. The molecule has 0 N–H and O–H groups in total. The van der Waals surface area contributed by atoms with Crippen LogP contribution in [0.1, 0.15) is 0 Å². The SMILES string of the molecule is C[SiH]C.[O-]c1ccccc1.[O-]c1ccccc1.[Zr+4].c1ccc2[cH-]ccc2c1.c1ccc2[cH-]ccc2c1. The molecule has 0 saturated carbocycles. The number of benzene rings is 4.